The molecule has 10 nitrogen and oxygen atoms in total. The zero-order chi connectivity index (χ0) is 28.5. The number of nitrogens with one attached hydrogen (secondary N) is 2. The molecule has 13 heteroatoms. The van der Waals surface area contributed by atoms with Gasteiger partial charge in [0.15, 0.2) is 0 Å². The van der Waals surface area contributed by atoms with E-state index in [1.807, 2.05) is 0 Å². The summed E-state index contributed by atoms with van der Waals surface area (Å²) in [7, 11) is 2.74. The average Bonchev–Trinajstić information content (AvgIpc) is 3.30. The number of piperidine rings is 1. The fourth-order valence-corrected chi connectivity index (χ4v) is 4.48. The number of aromatic nitrogens is 3. The van der Waals surface area contributed by atoms with Crippen molar-refractivity contribution >= 4 is 34.7 Å². The number of carbonyl (C=O) groups excluding carboxylic acids is 2. The van der Waals surface area contributed by atoms with E-state index < -0.39 is 29.5 Å². The largest absolute Gasteiger partial charge is 0.452 e. The van der Waals surface area contributed by atoms with Gasteiger partial charge in [0.05, 0.1) is 24.0 Å². The van der Waals surface area contributed by atoms with Crippen LogP contribution in [0.3, 0.4) is 0 Å². The summed E-state index contributed by atoms with van der Waals surface area (Å²) in [4.78, 5) is 38.6. The number of fused-ring (bicyclic) bond motifs is 1. The molecular weight excluding hydrogens is 517 g/mol. The number of H-pyrrole nitrogens is 1. The van der Waals surface area contributed by atoms with E-state index in [9.17, 15) is 22.8 Å². The molecule has 0 spiro atoms. The average molecular weight is 549 g/mol. The minimum atomic E-state index is -4.71. The summed E-state index contributed by atoms with van der Waals surface area (Å²) >= 11 is 0. The van der Waals surface area contributed by atoms with Crippen LogP contribution in [-0.4, -0.2) is 70.9 Å². The molecule has 4 rings (SSSR count). The highest BCUT2D eigenvalue weighted by molar-refractivity contribution is 6.05. The number of benzene rings is 1. The number of ether oxygens (including phenoxy) is 2. The molecule has 1 saturated heterocycles. The summed E-state index contributed by atoms with van der Waals surface area (Å²) in [6.07, 6.45) is -2.26. The third-order valence-electron chi connectivity index (χ3n) is 6.26. The van der Waals surface area contributed by atoms with E-state index in [1.165, 1.54) is 25.3 Å². The number of amides is 2. The molecule has 0 unspecified atom stereocenters. The second-order valence-electron chi connectivity index (χ2n) is 10.3. The van der Waals surface area contributed by atoms with E-state index in [4.69, 9.17) is 9.47 Å². The molecule has 0 radical (unpaired) electrons. The van der Waals surface area contributed by atoms with Crippen molar-refractivity contribution in [3.63, 3.8) is 0 Å². The Morgan fingerprint density at radius 2 is 1.97 bits per heavy atom. The summed E-state index contributed by atoms with van der Waals surface area (Å²) in [6, 6.07) is 4.65. The van der Waals surface area contributed by atoms with Crippen LogP contribution in [0.2, 0.25) is 0 Å². The van der Waals surface area contributed by atoms with Crippen molar-refractivity contribution < 1.29 is 32.2 Å². The molecule has 3 heterocycles. The third kappa shape index (κ3) is 6.18. The zero-order valence-electron chi connectivity index (χ0n) is 22.3. The molecule has 2 N–H and O–H groups in total. The highest BCUT2D eigenvalue weighted by atomic mass is 19.4. The van der Waals surface area contributed by atoms with Crippen LogP contribution in [0, 0.1) is 0 Å². The molecule has 1 atom stereocenters. The highest BCUT2D eigenvalue weighted by Gasteiger charge is 2.37. The summed E-state index contributed by atoms with van der Waals surface area (Å²) < 4.78 is 52.3. The molecule has 1 aromatic carbocycles. The maximum Gasteiger partial charge on any atom is 0.419 e. The van der Waals surface area contributed by atoms with Crippen molar-refractivity contribution in [2.75, 3.05) is 37.5 Å². The highest BCUT2D eigenvalue weighted by Crippen LogP contribution is 2.40. The molecule has 1 aliphatic rings. The number of carbonyl (C=O) groups is 2. The number of alkyl halides is 3. The van der Waals surface area contributed by atoms with Gasteiger partial charge in [-0.1, -0.05) is 12.1 Å². The molecular formula is C26H31F3N6O4. The number of likely N-dealkylation sites (tertiary alicyclic amines) is 1. The number of anilines is 2. The van der Waals surface area contributed by atoms with Crippen LogP contribution >= 0.6 is 0 Å². The summed E-state index contributed by atoms with van der Waals surface area (Å²) in [5.41, 5.74) is -0.892. The van der Waals surface area contributed by atoms with Gasteiger partial charge in [-0.05, 0) is 39.7 Å². The summed E-state index contributed by atoms with van der Waals surface area (Å²) in [6.45, 7) is 6.16. The van der Waals surface area contributed by atoms with Crippen molar-refractivity contribution in [1.29, 1.82) is 0 Å². The molecule has 3 aromatic rings. The molecule has 1 fully saturated rings. The molecule has 0 bridgehead atoms. The van der Waals surface area contributed by atoms with Gasteiger partial charge in [0.25, 0.3) is 0 Å². The van der Waals surface area contributed by atoms with Crippen LogP contribution in [0.15, 0.2) is 30.6 Å². The molecule has 0 saturated carbocycles. The molecule has 2 amide bonds. The number of hydrogen-bond acceptors (Lipinski definition) is 7. The lowest BCUT2D eigenvalue weighted by molar-refractivity contribution is -0.137. The van der Waals surface area contributed by atoms with E-state index in [0.717, 1.165) is 6.20 Å². The number of nitrogens with zero attached hydrogens (tertiary/aromatic N) is 4. The van der Waals surface area contributed by atoms with Gasteiger partial charge in [-0.15, -0.1) is 0 Å². The van der Waals surface area contributed by atoms with E-state index in [1.54, 1.807) is 43.9 Å². The Bertz CT molecular complexity index is 1370. The minimum absolute atomic E-state index is 0.00576. The normalized spacial score (nSPS) is 16.2. The second kappa shape index (κ2) is 10.6. The molecule has 210 valence electrons. The van der Waals surface area contributed by atoms with Gasteiger partial charge in [-0.3, -0.25) is 4.90 Å². The second-order valence-corrected chi connectivity index (χ2v) is 10.3. The lowest BCUT2D eigenvalue weighted by Crippen LogP contribution is -2.47. The smallest absolute Gasteiger partial charge is 0.419 e. The van der Waals surface area contributed by atoms with Crippen LogP contribution in [0.25, 0.3) is 22.2 Å². The van der Waals surface area contributed by atoms with Gasteiger partial charge in [0.1, 0.15) is 11.2 Å². The van der Waals surface area contributed by atoms with Gasteiger partial charge >= 0.3 is 18.4 Å². The van der Waals surface area contributed by atoms with E-state index in [2.05, 4.69) is 20.3 Å². The number of aromatic amines is 1. The summed E-state index contributed by atoms with van der Waals surface area (Å²) in [5, 5.41) is 3.53. The Hall–Kier alpha value is -4.03. The fourth-order valence-electron chi connectivity index (χ4n) is 4.48. The molecule has 2 aromatic heterocycles. The first-order valence-corrected chi connectivity index (χ1v) is 12.4. The first-order valence-electron chi connectivity index (χ1n) is 12.4. The van der Waals surface area contributed by atoms with Crippen molar-refractivity contribution in [2.24, 2.45) is 0 Å². The molecule has 1 aliphatic heterocycles. The first-order chi connectivity index (χ1) is 18.3. The Labute approximate surface area is 223 Å². The maximum absolute atomic E-state index is 14.0. The van der Waals surface area contributed by atoms with Crippen molar-refractivity contribution in [1.82, 2.24) is 19.9 Å². The lowest BCUT2D eigenvalue weighted by atomic mass is 10.0. The molecule has 0 aliphatic carbocycles. The topological polar surface area (TPSA) is 113 Å². The predicted molar refractivity (Wildman–Crippen MR) is 140 cm³/mol. The SMILES string of the molecule is COC(=O)N(C)c1cccc2c(-c3nc(N[C@H]4CCCN(C(=O)OC(C)(C)C)C4)ncc3C(F)(F)F)c[nH]c12. The van der Waals surface area contributed by atoms with Crippen LogP contribution in [0.5, 0.6) is 0 Å². The van der Waals surface area contributed by atoms with E-state index in [0.29, 0.717) is 42.5 Å². The minimum Gasteiger partial charge on any atom is -0.452 e. The Morgan fingerprint density at radius 1 is 1.23 bits per heavy atom. The maximum atomic E-state index is 14.0. The van der Waals surface area contributed by atoms with Gasteiger partial charge in [-0.2, -0.15) is 13.2 Å². The fraction of sp³-hybridized carbons (Fsp3) is 0.462. The van der Waals surface area contributed by atoms with Gasteiger partial charge in [0.2, 0.25) is 5.95 Å². The first kappa shape index (κ1) is 28.0. The Kier molecular flexibility index (Phi) is 7.62. The van der Waals surface area contributed by atoms with Crippen molar-refractivity contribution in [2.45, 2.75) is 51.4 Å². The number of methoxy groups -OCH3 is 1. The standard InChI is InChI=1S/C26H31F3N6O4/c1-25(2,3)39-24(37)35-11-7-8-15(14-35)32-22-31-13-18(26(27,28)29)20(33-22)17-12-30-21-16(17)9-6-10-19(21)34(4)23(36)38-5/h6,9-10,12-13,15,30H,7-8,11,14H2,1-5H3,(H,31,32,33)/t15-/m0/s1. The predicted octanol–water partition coefficient (Wildman–Crippen LogP) is 5.66. The van der Waals surface area contributed by atoms with Crippen LogP contribution in [0.1, 0.15) is 39.2 Å². The number of para-hydroxylation sites is 1. The number of halogens is 3. The quantitative estimate of drug-likeness (QED) is 0.433. The van der Waals surface area contributed by atoms with E-state index in [-0.39, 0.29) is 23.2 Å². The van der Waals surface area contributed by atoms with Gasteiger partial charge in [0, 0.05) is 49.5 Å². The Balaban J connectivity index is 1.67. The van der Waals surface area contributed by atoms with Crippen molar-refractivity contribution in [3.8, 4) is 11.3 Å². The number of rotatable bonds is 4. The lowest BCUT2D eigenvalue weighted by Gasteiger charge is -2.34. The van der Waals surface area contributed by atoms with Crippen LogP contribution in [-0.2, 0) is 15.7 Å². The Morgan fingerprint density at radius 3 is 2.64 bits per heavy atom. The van der Waals surface area contributed by atoms with Crippen LogP contribution in [0.4, 0.5) is 34.4 Å². The summed E-state index contributed by atoms with van der Waals surface area (Å²) in [5.74, 6) is 0.00576. The zero-order valence-corrected chi connectivity index (χ0v) is 22.3. The van der Waals surface area contributed by atoms with E-state index >= 15 is 0 Å². The van der Waals surface area contributed by atoms with Gasteiger partial charge in [-0.25, -0.2) is 19.6 Å². The third-order valence-corrected chi connectivity index (χ3v) is 6.26. The van der Waals surface area contributed by atoms with Gasteiger partial charge < -0.3 is 24.7 Å². The van der Waals surface area contributed by atoms with Crippen LogP contribution < -0.4 is 10.2 Å². The van der Waals surface area contributed by atoms with Crippen molar-refractivity contribution in [3.05, 3.63) is 36.2 Å². The monoisotopic (exact) mass is 548 g/mol. The number of hydrogen-bond donors (Lipinski definition) is 2. The molecule has 39 heavy (non-hydrogen) atoms.